The van der Waals surface area contributed by atoms with E-state index in [0.717, 1.165) is 43.0 Å². The highest BCUT2D eigenvalue weighted by atomic mass is 16.5. The summed E-state index contributed by atoms with van der Waals surface area (Å²) in [7, 11) is 3.70. The number of rotatable bonds is 8. The smallest absolute Gasteiger partial charge is 0.252 e. The second kappa shape index (κ2) is 10.5. The molecule has 1 fully saturated rings. The third kappa shape index (κ3) is 5.68. The van der Waals surface area contributed by atoms with Gasteiger partial charge in [-0.1, -0.05) is 12.1 Å². The number of aryl methyl sites for hydroxylation is 1. The quantitative estimate of drug-likeness (QED) is 0.675. The Morgan fingerprint density at radius 1 is 1.13 bits per heavy atom. The third-order valence-electron chi connectivity index (χ3n) is 5.72. The van der Waals surface area contributed by atoms with Crippen LogP contribution in [0.5, 0.6) is 11.5 Å². The Kier molecular flexibility index (Phi) is 7.76. The molecule has 1 aliphatic heterocycles. The number of nitrogens with one attached hydrogen (secondary N) is 1. The van der Waals surface area contributed by atoms with E-state index >= 15 is 0 Å². The zero-order chi connectivity index (χ0) is 22.4. The minimum Gasteiger partial charge on any atom is -0.493 e. The molecule has 0 bridgehead atoms. The minimum atomic E-state index is -0.221. The molecule has 0 radical (unpaired) electrons. The van der Waals surface area contributed by atoms with E-state index in [1.54, 1.807) is 7.11 Å². The summed E-state index contributed by atoms with van der Waals surface area (Å²) in [5.74, 6) is 1.03. The molecule has 7 nitrogen and oxygen atoms in total. The second-order valence-corrected chi connectivity index (χ2v) is 7.97. The summed E-state index contributed by atoms with van der Waals surface area (Å²) in [6.45, 7) is 7.95. The van der Waals surface area contributed by atoms with Crippen LogP contribution in [-0.4, -0.2) is 69.5 Å². The molecule has 1 atom stereocenters. The van der Waals surface area contributed by atoms with Crippen LogP contribution < -0.4 is 19.7 Å². The van der Waals surface area contributed by atoms with Crippen molar-refractivity contribution in [1.29, 1.82) is 0 Å². The SMILES string of the molecule is COc1ccc(C(C)NC(=O)c2cc(N3CCN(C)CC3)ccc2C)cc1OCCO. The summed E-state index contributed by atoms with van der Waals surface area (Å²) in [4.78, 5) is 17.7. The molecule has 0 aromatic heterocycles. The molecule has 2 aromatic carbocycles. The highest BCUT2D eigenvalue weighted by Crippen LogP contribution is 2.30. The molecule has 2 N–H and O–H groups in total. The summed E-state index contributed by atoms with van der Waals surface area (Å²) in [6, 6.07) is 11.4. The first kappa shape index (κ1) is 22.9. The normalized spacial score (nSPS) is 15.5. The first-order valence-corrected chi connectivity index (χ1v) is 10.7. The molecule has 0 saturated carbocycles. The number of anilines is 1. The maximum absolute atomic E-state index is 13.1. The Morgan fingerprint density at radius 3 is 2.55 bits per heavy atom. The van der Waals surface area contributed by atoms with Gasteiger partial charge in [0, 0.05) is 37.4 Å². The number of aliphatic hydroxyl groups is 1. The van der Waals surface area contributed by atoms with Crippen LogP contribution >= 0.6 is 0 Å². The highest BCUT2D eigenvalue weighted by Gasteiger charge is 2.19. The molecule has 1 saturated heterocycles. The molecule has 168 valence electrons. The Balaban J connectivity index is 1.74. The van der Waals surface area contributed by atoms with Gasteiger partial charge >= 0.3 is 0 Å². The number of likely N-dealkylation sites (N-methyl/N-ethyl adjacent to an activating group) is 1. The maximum atomic E-state index is 13.1. The van der Waals surface area contributed by atoms with Gasteiger partial charge in [0.15, 0.2) is 11.5 Å². The van der Waals surface area contributed by atoms with Crippen LogP contribution in [0.4, 0.5) is 5.69 Å². The summed E-state index contributed by atoms with van der Waals surface area (Å²) in [6.07, 6.45) is 0. The predicted octanol–water partition coefficient (Wildman–Crippen LogP) is 2.62. The zero-order valence-electron chi connectivity index (χ0n) is 18.9. The lowest BCUT2D eigenvalue weighted by atomic mass is 10.0. The van der Waals surface area contributed by atoms with E-state index in [9.17, 15) is 4.79 Å². The van der Waals surface area contributed by atoms with E-state index < -0.39 is 0 Å². The van der Waals surface area contributed by atoms with Gasteiger partial charge in [0.1, 0.15) is 6.61 Å². The number of hydrogen-bond acceptors (Lipinski definition) is 6. The van der Waals surface area contributed by atoms with Gasteiger partial charge < -0.3 is 29.7 Å². The van der Waals surface area contributed by atoms with Crippen molar-refractivity contribution in [3.8, 4) is 11.5 Å². The molecule has 7 heteroatoms. The number of benzene rings is 2. The van der Waals surface area contributed by atoms with Crippen molar-refractivity contribution in [3.63, 3.8) is 0 Å². The standard InChI is InChI=1S/C24H33N3O4/c1-17-5-7-20(27-11-9-26(3)10-12-27)16-21(17)24(29)25-18(2)19-6-8-22(30-4)23(15-19)31-14-13-28/h5-8,15-16,18,28H,9-14H2,1-4H3,(H,25,29). The van der Waals surface area contributed by atoms with E-state index in [4.69, 9.17) is 14.6 Å². The number of methoxy groups -OCH3 is 1. The second-order valence-electron chi connectivity index (χ2n) is 7.97. The number of piperazine rings is 1. The van der Waals surface area contributed by atoms with Crippen molar-refractivity contribution in [1.82, 2.24) is 10.2 Å². The van der Waals surface area contributed by atoms with E-state index in [1.165, 1.54) is 0 Å². The minimum absolute atomic E-state index is 0.0808. The van der Waals surface area contributed by atoms with Crippen molar-refractivity contribution < 1.29 is 19.4 Å². The first-order chi connectivity index (χ1) is 14.9. The number of carbonyl (C=O) groups is 1. The van der Waals surface area contributed by atoms with Gasteiger partial charge in [-0.3, -0.25) is 4.79 Å². The number of ether oxygens (including phenoxy) is 2. The molecule has 31 heavy (non-hydrogen) atoms. The molecule has 3 rings (SSSR count). The molecular weight excluding hydrogens is 394 g/mol. The Bertz CT molecular complexity index is 894. The Morgan fingerprint density at radius 2 is 1.87 bits per heavy atom. The molecular formula is C24H33N3O4. The van der Waals surface area contributed by atoms with Crippen LogP contribution in [0.1, 0.15) is 34.5 Å². The average molecular weight is 428 g/mol. The molecule has 1 amide bonds. The van der Waals surface area contributed by atoms with E-state index in [2.05, 4.69) is 28.2 Å². The molecule has 0 aliphatic carbocycles. The molecule has 1 aliphatic rings. The van der Waals surface area contributed by atoms with Gasteiger partial charge in [0.25, 0.3) is 5.91 Å². The molecule has 1 heterocycles. The summed E-state index contributed by atoms with van der Waals surface area (Å²) < 4.78 is 10.9. The monoisotopic (exact) mass is 427 g/mol. The van der Waals surface area contributed by atoms with Crippen LogP contribution in [0.25, 0.3) is 0 Å². The summed E-state index contributed by atoms with van der Waals surface area (Å²) >= 11 is 0. The lowest BCUT2D eigenvalue weighted by Gasteiger charge is -2.34. The third-order valence-corrected chi connectivity index (χ3v) is 5.72. The van der Waals surface area contributed by atoms with E-state index in [-0.39, 0.29) is 25.2 Å². The summed E-state index contributed by atoms with van der Waals surface area (Å²) in [5, 5.41) is 12.1. The van der Waals surface area contributed by atoms with Crippen molar-refractivity contribution >= 4 is 11.6 Å². The Hall–Kier alpha value is -2.77. The van der Waals surface area contributed by atoms with E-state index in [0.29, 0.717) is 17.1 Å². The summed E-state index contributed by atoms with van der Waals surface area (Å²) in [5.41, 5.74) is 3.62. The largest absolute Gasteiger partial charge is 0.493 e. The predicted molar refractivity (Wildman–Crippen MR) is 122 cm³/mol. The van der Waals surface area contributed by atoms with Gasteiger partial charge in [-0.25, -0.2) is 0 Å². The van der Waals surface area contributed by atoms with Crippen LogP contribution in [-0.2, 0) is 0 Å². The van der Waals surface area contributed by atoms with Crippen molar-refractivity contribution in [2.24, 2.45) is 0 Å². The lowest BCUT2D eigenvalue weighted by molar-refractivity contribution is 0.0939. The molecule has 0 spiro atoms. The van der Waals surface area contributed by atoms with Gasteiger partial charge in [-0.05, 0) is 56.3 Å². The van der Waals surface area contributed by atoms with Crippen molar-refractivity contribution in [3.05, 3.63) is 53.1 Å². The number of aliphatic hydroxyl groups excluding tert-OH is 1. The number of amides is 1. The number of carbonyl (C=O) groups excluding carboxylic acids is 1. The van der Waals surface area contributed by atoms with Crippen molar-refractivity contribution in [2.45, 2.75) is 19.9 Å². The van der Waals surface area contributed by atoms with E-state index in [1.807, 2.05) is 44.2 Å². The zero-order valence-corrected chi connectivity index (χ0v) is 18.9. The average Bonchev–Trinajstić information content (AvgIpc) is 2.78. The van der Waals surface area contributed by atoms with Crippen LogP contribution in [0.3, 0.4) is 0 Å². The maximum Gasteiger partial charge on any atom is 0.252 e. The van der Waals surface area contributed by atoms with Crippen molar-refractivity contribution in [2.75, 3.05) is 58.5 Å². The van der Waals surface area contributed by atoms with Gasteiger partial charge in [0.2, 0.25) is 0 Å². The fourth-order valence-corrected chi connectivity index (χ4v) is 3.70. The first-order valence-electron chi connectivity index (χ1n) is 10.7. The van der Waals surface area contributed by atoms with Crippen LogP contribution in [0.15, 0.2) is 36.4 Å². The topological polar surface area (TPSA) is 74.3 Å². The Labute approximate surface area is 184 Å². The van der Waals surface area contributed by atoms with Gasteiger partial charge in [-0.15, -0.1) is 0 Å². The molecule has 2 aromatic rings. The van der Waals surface area contributed by atoms with Gasteiger partial charge in [-0.2, -0.15) is 0 Å². The number of nitrogens with zero attached hydrogens (tertiary/aromatic N) is 2. The lowest BCUT2D eigenvalue weighted by Crippen LogP contribution is -2.44. The molecule has 1 unspecified atom stereocenters. The number of hydrogen-bond donors (Lipinski definition) is 2. The van der Waals surface area contributed by atoms with Crippen LogP contribution in [0.2, 0.25) is 0 Å². The fraction of sp³-hybridized carbons (Fsp3) is 0.458. The van der Waals surface area contributed by atoms with Crippen LogP contribution in [0, 0.1) is 6.92 Å². The van der Waals surface area contributed by atoms with Gasteiger partial charge in [0.05, 0.1) is 19.8 Å². The fourth-order valence-electron chi connectivity index (χ4n) is 3.70. The highest BCUT2D eigenvalue weighted by molar-refractivity contribution is 5.96.